The minimum Gasteiger partial charge on any atom is -0.468 e. The smallest absolute Gasteiger partial charge is 0.113 e. The lowest BCUT2D eigenvalue weighted by Gasteiger charge is -2.26. The maximum Gasteiger partial charge on any atom is 0.113 e. The maximum atomic E-state index is 9.40. The van der Waals surface area contributed by atoms with E-state index < -0.39 is 0 Å². The molecule has 2 rings (SSSR count). The van der Waals surface area contributed by atoms with Gasteiger partial charge in [0.15, 0.2) is 0 Å². The molecule has 90 valence electrons. The molecule has 1 saturated carbocycles. The van der Waals surface area contributed by atoms with Crippen LogP contribution in [0, 0.1) is 0 Å². The third kappa shape index (κ3) is 2.62. The van der Waals surface area contributed by atoms with Gasteiger partial charge in [0.2, 0.25) is 0 Å². The number of aliphatic hydroxyl groups is 1. The number of nitrogens with one attached hydrogen (secondary N) is 1. The van der Waals surface area contributed by atoms with Crippen molar-refractivity contribution in [2.24, 2.45) is 0 Å². The molecule has 1 heterocycles. The lowest BCUT2D eigenvalue weighted by atomic mass is 10.00. The highest BCUT2D eigenvalue weighted by molar-refractivity contribution is 7.99. The number of aliphatic hydroxyl groups excluding tert-OH is 1. The Labute approximate surface area is 101 Å². The molecule has 3 nitrogen and oxygen atoms in total. The van der Waals surface area contributed by atoms with Gasteiger partial charge in [-0.25, -0.2) is 0 Å². The monoisotopic (exact) mass is 241 g/mol. The fourth-order valence-corrected chi connectivity index (χ4v) is 3.55. The molecule has 1 aliphatic rings. The third-order valence-corrected chi connectivity index (χ3v) is 4.76. The molecular formula is C12H19NO2S. The van der Waals surface area contributed by atoms with Crippen LogP contribution >= 0.6 is 11.8 Å². The van der Waals surface area contributed by atoms with Crippen molar-refractivity contribution in [3.63, 3.8) is 0 Å². The van der Waals surface area contributed by atoms with Gasteiger partial charge in [-0.15, -0.1) is 0 Å². The summed E-state index contributed by atoms with van der Waals surface area (Å²) in [6, 6.07) is 3.94. The Hall–Kier alpha value is -0.450. The van der Waals surface area contributed by atoms with Crippen LogP contribution in [-0.2, 0) is 5.75 Å². The average molecular weight is 241 g/mol. The Bertz CT molecular complexity index is 309. The van der Waals surface area contributed by atoms with Gasteiger partial charge in [0.25, 0.3) is 0 Å². The lowest BCUT2D eigenvalue weighted by molar-refractivity contribution is 0.173. The summed E-state index contributed by atoms with van der Waals surface area (Å²) in [7, 11) is 1.94. The van der Waals surface area contributed by atoms with Gasteiger partial charge in [0, 0.05) is 10.8 Å². The van der Waals surface area contributed by atoms with E-state index in [-0.39, 0.29) is 12.1 Å². The first-order chi connectivity index (χ1) is 7.78. The van der Waals surface area contributed by atoms with Gasteiger partial charge in [0.1, 0.15) is 5.76 Å². The molecule has 1 fully saturated rings. The fraction of sp³-hybridized carbons (Fsp3) is 0.667. The van der Waals surface area contributed by atoms with Gasteiger partial charge in [-0.3, -0.25) is 0 Å². The number of furan rings is 1. The van der Waals surface area contributed by atoms with Gasteiger partial charge in [0.05, 0.1) is 18.6 Å². The van der Waals surface area contributed by atoms with Crippen LogP contribution in [0.4, 0.5) is 0 Å². The van der Waals surface area contributed by atoms with Crippen LogP contribution in [0.25, 0.3) is 0 Å². The second-order valence-electron chi connectivity index (χ2n) is 4.44. The van der Waals surface area contributed by atoms with Gasteiger partial charge in [-0.1, -0.05) is 0 Å². The van der Waals surface area contributed by atoms with Crippen LogP contribution in [0.5, 0.6) is 0 Å². The first-order valence-corrected chi connectivity index (χ1v) is 6.77. The molecule has 2 atom stereocenters. The predicted octanol–water partition coefficient (Wildman–Crippen LogP) is 2.02. The van der Waals surface area contributed by atoms with Crippen molar-refractivity contribution in [1.29, 1.82) is 0 Å². The van der Waals surface area contributed by atoms with E-state index in [2.05, 4.69) is 5.32 Å². The topological polar surface area (TPSA) is 45.4 Å². The van der Waals surface area contributed by atoms with Crippen LogP contribution in [0.3, 0.4) is 0 Å². The van der Waals surface area contributed by atoms with Gasteiger partial charge in [-0.05, 0) is 38.4 Å². The molecule has 0 bridgehead atoms. The summed E-state index contributed by atoms with van der Waals surface area (Å²) in [6.45, 7) is 0.237. The normalized spacial score (nSPS) is 29.8. The highest BCUT2D eigenvalue weighted by Crippen LogP contribution is 2.37. The molecule has 1 aromatic heterocycles. The summed E-state index contributed by atoms with van der Waals surface area (Å²) in [4.78, 5) is 0. The van der Waals surface area contributed by atoms with Crippen molar-refractivity contribution >= 4 is 11.8 Å². The minimum atomic E-state index is -0.0408. The molecule has 1 aliphatic carbocycles. The number of rotatable bonds is 5. The molecule has 1 aromatic rings. The Kier molecular flexibility index (Phi) is 3.95. The largest absolute Gasteiger partial charge is 0.468 e. The molecule has 4 heteroatoms. The molecule has 16 heavy (non-hydrogen) atoms. The number of likely N-dealkylation sites (N-methyl/N-ethyl adjacent to an activating group) is 1. The quantitative estimate of drug-likeness (QED) is 0.828. The molecular weight excluding hydrogens is 222 g/mol. The van der Waals surface area contributed by atoms with Crippen molar-refractivity contribution in [2.45, 2.75) is 35.8 Å². The summed E-state index contributed by atoms with van der Waals surface area (Å²) in [5.74, 6) is 1.97. The molecule has 0 spiro atoms. The summed E-state index contributed by atoms with van der Waals surface area (Å²) in [6.07, 6.45) is 5.00. The molecule has 0 aromatic carbocycles. The van der Waals surface area contributed by atoms with E-state index in [1.165, 1.54) is 6.42 Å². The van der Waals surface area contributed by atoms with Crippen LogP contribution in [0.15, 0.2) is 22.8 Å². The fourth-order valence-electron chi connectivity index (χ4n) is 2.26. The molecule has 0 aliphatic heterocycles. The summed E-state index contributed by atoms with van der Waals surface area (Å²) in [5, 5.41) is 13.3. The molecule has 2 unspecified atom stereocenters. The van der Waals surface area contributed by atoms with Crippen LogP contribution in [0.1, 0.15) is 25.0 Å². The zero-order chi connectivity index (χ0) is 11.4. The molecule has 0 saturated heterocycles. The highest BCUT2D eigenvalue weighted by atomic mass is 32.2. The SMILES string of the molecule is CNC1(CO)CCC(SCc2ccco2)C1. The zero-order valence-electron chi connectivity index (χ0n) is 9.61. The Morgan fingerprint density at radius 3 is 3.12 bits per heavy atom. The number of hydrogen-bond acceptors (Lipinski definition) is 4. The Morgan fingerprint density at radius 2 is 2.56 bits per heavy atom. The van der Waals surface area contributed by atoms with Gasteiger partial charge >= 0.3 is 0 Å². The van der Waals surface area contributed by atoms with E-state index in [0.29, 0.717) is 5.25 Å². The van der Waals surface area contributed by atoms with Crippen LogP contribution in [-0.4, -0.2) is 29.5 Å². The van der Waals surface area contributed by atoms with Crippen molar-refractivity contribution in [3.8, 4) is 0 Å². The second kappa shape index (κ2) is 5.25. The van der Waals surface area contributed by atoms with Crippen molar-refractivity contribution in [3.05, 3.63) is 24.2 Å². The van der Waals surface area contributed by atoms with E-state index in [4.69, 9.17) is 4.42 Å². The maximum absolute atomic E-state index is 9.40. The Morgan fingerprint density at radius 1 is 1.69 bits per heavy atom. The van der Waals surface area contributed by atoms with Crippen LogP contribution < -0.4 is 5.32 Å². The van der Waals surface area contributed by atoms with E-state index in [0.717, 1.165) is 24.4 Å². The molecule has 0 radical (unpaired) electrons. The number of thioether (sulfide) groups is 1. The summed E-state index contributed by atoms with van der Waals surface area (Å²) >= 11 is 1.93. The van der Waals surface area contributed by atoms with Crippen molar-refractivity contribution in [2.75, 3.05) is 13.7 Å². The first-order valence-electron chi connectivity index (χ1n) is 5.72. The lowest BCUT2D eigenvalue weighted by Crippen LogP contribution is -2.44. The van der Waals surface area contributed by atoms with Gasteiger partial charge in [-0.2, -0.15) is 11.8 Å². The van der Waals surface area contributed by atoms with E-state index in [1.54, 1.807) is 6.26 Å². The molecule has 0 amide bonds. The van der Waals surface area contributed by atoms with E-state index in [9.17, 15) is 5.11 Å². The van der Waals surface area contributed by atoms with E-state index in [1.807, 2.05) is 30.9 Å². The molecule has 2 N–H and O–H groups in total. The highest BCUT2D eigenvalue weighted by Gasteiger charge is 2.37. The van der Waals surface area contributed by atoms with Crippen LogP contribution in [0.2, 0.25) is 0 Å². The third-order valence-electron chi connectivity index (χ3n) is 3.44. The Balaban J connectivity index is 1.80. The zero-order valence-corrected chi connectivity index (χ0v) is 10.4. The predicted molar refractivity (Wildman–Crippen MR) is 66.5 cm³/mol. The first kappa shape index (κ1) is 12.0. The van der Waals surface area contributed by atoms with Gasteiger partial charge < -0.3 is 14.8 Å². The second-order valence-corrected chi connectivity index (χ2v) is 5.73. The summed E-state index contributed by atoms with van der Waals surface area (Å²) in [5.41, 5.74) is -0.0408. The standard InChI is InChI=1S/C12H19NO2S/c1-13-12(9-14)5-4-11(7-12)16-8-10-3-2-6-15-10/h2-3,6,11,13-14H,4-5,7-9H2,1H3. The van der Waals surface area contributed by atoms with Crippen molar-refractivity contribution < 1.29 is 9.52 Å². The van der Waals surface area contributed by atoms with E-state index >= 15 is 0 Å². The summed E-state index contributed by atoms with van der Waals surface area (Å²) < 4.78 is 5.31. The average Bonchev–Trinajstić information content (AvgIpc) is 2.96. The minimum absolute atomic E-state index is 0.0408. The van der Waals surface area contributed by atoms with Crippen molar-refractivity contribution in [1.82, 2.24) is 5.32 Å². The number of hydrogen-bond donors (Lipinski definition) is 2.